The van der Waals surface area contributed by atoms with E-state index in [0.717, 1.165) is 18.5 Å². The average Bonchev–Trinajstić information content (AvgIpc) is 2.36. The second-order valence-corrected chi connectivity index (χ2v) is 2.85. The molecule has 1 rings (SSSR count). The fourth-order valence-corrected chi connectivity index (χ4v) is 1.39. The molecule has 11 heavy (non-hydrogen) atoms. The van der Waals surface area contributed by atoms with Crippen molar-refractivity contribution in [1.29, 1.82) is 0 Å². The van der Waals surface area contributed by atoms with Crippen LogP contribution in [0.3, 0.4) is 0 Å². The normalized spacial score (nSPS) is 28.7. The van der Waals surface area contributed by atoms with E-state index in [2.05, 4.69) is 11.9 Å². The van der Waals surface area contributed by atoms with Gasteiger partial charge in [0.2, 0.25) is 0 Å². The highest BCUT2D eigenvalue weighted by atomic mass is 19.1. The Morgan fingerprint density at radius 3 is 3.09 bits per heavy atom. The molecule has 0 amide bonds. The van der Waals surface area contributed by atoms with Gasteiger partial charge in [-0.2, -0.15) is 0 Å². The molecule has 0 aliphatic carbocycles. The van der Waals surface area contributed by atoms with Crippen molar-refractivity contribution in [3.05, 3.63) is 24.1 Å². The van der Waals surface area contributed by atoms with Gasteiger partial charge < -0.3 is 5.32 Å². The van der Waals surface area contributed by atoms with Crippen molar-refractivity contribution < 1.29 is 4.39 Å². The maximum Gasteiger partial charge on any atom is 0.104 e. The summed E-state index contributed by atoms with van der Waals surface area (Å²) in [5, 5.41) is 3.18. The summed E-state index contributed by atoms with van der Waals surface area (Å²) in [7, 11) is 0. The monoisotopic (exact) mass is 155 g/mol. The van der Waals surface area contributed by atoms with Crippen LogP contribution in [0.4, 0.5) is 4.39 Å². The molecular weight excluding hydrogens is 141 g/mol. The first kappa shape index (κ1) is 8.47. The summed E-state index contributed by atoms with van der Waals surface area (Å²) in [6, 6.07) is 0.218. The second-order valence-electron chi connectivity index (χ2n) is 2.85. The lowest BCUT2D eigenvalue weighted by Gasteiger charge is -2.05. The van der Waals surface area contributed by atoms with E-state index < -0.39 is 0 Å². The summed E-state index contributed by atoms with van der Waals surface area (Å²) in [6.07, 6.45) is 2.83. The molecule has 1 nitrogen and oxygen atoms in total. The van der Waals surface area contributed by atoms with Gasteiger partial charge in [-0.05, 0) is 25.5 Å². The number of hydrogen-bond donors (Lipinski definition) is 1. The van der Waals surface area contributed by atoms with Crippen LogP contribution in [0.1, 0.15) is 19.8 Å². The summed E-state index contributed by atoms with van der Waals surface area (Å²) < 4.78 is 13.1. The number of rotatable bonds is 2. The first-order valence-corrected chi connectivity index (χ1v) is 3.97. The van der Waals surface area contributed by atoms with Gasteiger partial charge in [0.15, 0.2) is 0 Å². The van der Waals surface area contributed by atoms with E-state index in [0.29, 0.717) is 6.42 Å². The van der Waals surface area contributed by atoms with Crippen molar-refractivity contribution in [2.75, 3.05) is 6.54 Å². The highest BCUT2D eigenvalue weighted by Gasteiger charge is 2.18. The number of halogens is 1. The van der Waals surface area contributed by atoms with Crippen molar-refractivity contribution >= 4 is 0 Å². The molecule has 62 valence electrons. The lowest BCUT2D eigenvalue weighted by atomic mass is 10.1. The maximum atomic E-state index is 13.1. The Bertz CT molecular complexity index is 184. The highest BCUT2D eigenvalue weighted by Crippen LogP contribution is 2.21. The molecule has 2 heteroatoms. The third-order valence-electron chi connectivity index (χ3n) is 2.04. The van der Waals surface area contributed by atoms with Crippen LogP contribution in [-0.2, 0) is 0 Å². The molecule has 1 fully saturated rings. The first-order valence-electron chi connectivity index (χ1n) is 3.97. The highest BCUT2D eigenvalue weighted by molar-refractivity contribution is 5.19. The molecule has 0 radical (unpaired) electrons. The Balaban J connectivity index is 2.67. The third kappa shape index (κ3) is 1.90. The van der Waals surface area contributed by atoms with Crippen LogP contribution in [0.2, 0.25) is 0 Å². The minimum Gasteiger partial charge on any atom is -0.310 e. The largest absolute Gasteiger partial charge is 0.310 e. The predicted molar refractivity (Wildman–Crippen MR) is 45.0 cm³/mol. The summed E-state index contributed by atoms with van der Waals surface area (Å²) in [5.74, 6) is -0.00231. The van der Waals surface area contributed by atoms with Gasteiger partial charge in [0.1, 0.15) is 5.83 Å². The van der Waals surface area contributed by atoms with Crippen LogP contribution in [0.15, 0.2) is 24.1 Å². The standard InChI is InChI=1S/C9H14FN/c1-3-4-9(10)8-5-6-11-7(8)2/h3,7,11H,1,4-6H2,2H3/b9-8+. The topological polar surface area (TPSA) is 12.0 Å². The Kier molecular flexibility index (Phi) is 2.83. The molecule has 0 aromatic rings. The minimum absolute atomic E-state index is 0.00231. The summed E-state index contributed by atoms with van der Waals surface area (Å²) in [4.78, 5) is 0. The quantitative estimate of drug-likeness (QED) is 0.602. The van der Waals surface area contributed by atoms with Gasteiger partial charge in [-0.25, -0.2) is 4.39 Å². The molecule has 0 aromatic carbocycles. The van der Waals surface area contributed by atoms with Gasteiger partial charge in [0.05, 0.1) is 0 Å². The maximum absolute atomic E-state index is 13.1. The van der Waals surface area contributed by atoms with Crippen molar-refractivity contribution in [3.63, 3.8) is 0 Å². The zero-order valence-corrected chi connectivity index (χ0v) is 6.86. The van der Waals surface area contributed by atoms with E-state index in [1.807, 2.05) is 6.92 Å². The lowest BCUT2D eigenvalue weighted by molar-refractivity contribution is 0.588. The fourth-order valence-electron chi connectivity index (χ4n) is 1.39. The zero-order valence-electron chi connectivity index (χ0n) is 6.86. The number of nitrogens with one attached hydrogen (secondary N) is 1. The van der Waals surface area contributed by atoms with E-state index >= 15 is 0 Å². The van der Waals surface area contributed by atoms with Crippen LogP contribution >= 0.6 is 0 Å². The number of hydrogen-bond acceptors (Lipinski definition) is 1. The molecule has 0 spiro atoms. The Morgan fingerprint density at radius 2 is 2.64 bits per heavy atom. The fraction of sp³-hybridized carbons (Fsp3) is 0.556. The lowest BCUT2D eigenvalue weighted by Crippen LogP contribution is -2.18. The molecule has 0 saturated carbocycles. The van der Waals surface area contributed by atoms with Gasteiger partial charge >= 0.3 is 0 Å². The summed E-state index contributed by atoms with van der Waals surface area (Å²) >= 11 is 0. The van der Waals surface area contributed by atoms with Crippen molar-refractivity contribution in [2.45, 2.75) is 25.8 Å². The molecule has 1 atom stereocenters. The van der Waals surface area contributed by atoms with Gasteiger partial charge in [-0.1, -0.05) is 6.08 Å². The molecule has 1 N–H and O–H groups in total. The average molecular weight is 155 g/mol. The second kappa shape index (κ2) is 3.67. The molecular formula is C9H14FN. The van der Waals surface area contributed by atoms with Gasteiger partial charge in [-0.15, -0.1) is 6.58 Å². The predicted octanol–water partition coefficient (Wildman–Crippen LogP) is 2.17. The van der Waals surface area contributed by atoms with Gasteiger partial charge in [-0.3, -0.25) is 0 Å². The summed E-state index contributed by atoms with van der Waals surface area (Å²) in [5.41, 5.74) is 0.921. The van der Waals surface area contributed by atoms with Crippen LogP contribution in [0.25, 0.3) is 0 Å². The first-order chi connectivity index (χ1) is 5.25. The molecule has 0 aromatic heterocycles. The molecule has 1 saturated heterocycles. The van der Waals surface area contributed by atoms with E-state index in [9.17, 15) is 4.39 Å². The van der Waals surface area contributed by atoms with E-state index in [4.69, 9.17) is 0 Å². The number of allylic oxidation sites excluding steroid dienone is 2. The molecule has 1 heterocycles. The third-order valence-corrected chi connectivity index (χ3v) is 2.04. The van der Waals surface area contributed by atoms with Crippen LogP contribution in [0, 0.1) is 0 Å². The molecule has 1 aliphatic heterocycles. The Hall–Kier alpha value is -0.630. The van der Waals surface area contributed by atoms with E-state index in [1.54, 1.807) is 6.08 Å². The van der Waals surface area contributed by atoms with Crippen LogP contribution in [-0.4, -0.2) is 12.6 Å². The van der Waals surface area contributed by atoms with Crippen molar-refractivity contribution in [1.82, 2.24) is 5.32 Å². The van der Waals surface area contributed by atoms with Gasteiger partial charge in [0, 0.05) is 12.5 Å². The van der Waals surface area contributed by atoms with Crippen molar-refractivity contribution in [2.24, 2.45) is 0 Å². The van der Waals surface area contributed by atoms with Crippen LogP contribution < -0.4 is 5.32 Å². The van der Waals surface area contributed by atoms with E-state index in [-0.39, 0.29) is 11.9 Å². The molecule has 0 bridgehead atoms. The van der Waals surface area contributed by atoms with Crippen LogP contribution in [0.5, 0.6) is 0 Å². The summed E-state index contributed by atoms with van der Waals surface area (Å²) in [6.45, 7) is 6.40. The van der Waals surface area contributed by atoms with Crippen molar-refractivity contribution in [3.8, 4) is 0 Å². The molecule has 1 unspecified atom stereocenters. The zero-order chi connectivity index (χ0) is 8.27. The van der Waals surface area contributed by atoms with E-state index in [1.165, 1.54) is 0 Å². The Labute approximate surface area is 67.0 Å². The minimum atomic E-state index is -0.00231. The SMILES string of the molecule is C=CC/C(F)=C1/CCNC1C. The molecule has 1 aliphatic rings. The Morgan fingerprint density at radius 1 is 1.91 bits per heavy atom. The smallest absolute Gasteiger partial charge is 0.104 e. The van der Waals surface area contributed by atoms with Gasteiger partial charge in [0.25, 0.3) is 0 Å².